The molecule has 0 bridgehead atoms. The number of aromatic nitrogens is 2. The van der Waals surface area contributed by atoms with Crippen molar-refractivity contribution in [3.63, 3.8) is 0 Å². The first-order valence-electron chi connectivity index (χ1n) is 7.45. The number of halogens is 2. The standard InChI is InChI=1S/C18H16Cl2N4/c1-12-4-2-5-13(10-12)11-22-16-8-9-21-18(24-16)23-15-7-3-6-14(19)17(15)20/h2-10H,11H2,1H3,(H2,21,22,23,24). The number of hydrogen-bond acceptors (Lipinski definition) is 4. The van der Waals surface area contributed by atoms with E-state index in [9.17, 15) is 0 Å². The lowest BCUT2D eigenvalue weighted by Gasteiger charge is -2.10. The minimum absolute atomic E-state index is 0.445. The smallest absolute Gasteiger partial charge is 0.229 e. The van der Waals surface area contributed by atoms with E-state index in [1.165, 1.54) is 11.1 Å². The summed E-state index contributed by atoms with van der Waals surface area (Å²) >= 11 is 12.2. The van der Waals surface area contributed by atoms with Gasteiger partial charge in [0.1, 0.15) is 5.82 Å². The third-order valence-corrected chi connectivity index (χ3v) is 4.23. The molecular weight excluding hydrogens is 343 g/mol. The summed E-state index contributed by atoms with van der Waals surface area (Å²) in [5.74, 6) is 1.18. The van der Waals surface area contributed by atoms with Gasteiger partial charge in [-0.3, -0.25) is 0 Å². The van der Waals surface area contributed by atoms with Crippen LogP contribution in [-0.2, 0) is 6.54 Å². The number of hydrogen-bond donors (Lipinski definition) is 2. The van der Waals surface area contributed by atoms with E-state index in [0.717, 1.165) is 5.82 Å². The van der Waals surface area contributed by atoms with Crippen molar-refractivity contribution in [3.05, 3.63) is 75.9 Å². The van der Waals surface area contributed by atoms with Gasteiger partial charge in [-0.15, -0.1) is 0 Å². The maximum Gasteiger partial charge on any atom is 0.229 e. The van der Waals surface area contributed by atoms with Crippen molar-refractivity contribution in [3.8, 4) is 0 Å². The molecule has 0 amide bonds. The Bertz CT molecular complexity index is 852. The molecule has 0 saturated heterocycles. The third-order valence-electron chi connectivity index (χ3n) is 3.41. The van der Waals surface area contributed by atoms with E-state index in [2.05, 4.69) is 45.7 Å². The molecule has 0 spiro atoms. The van der Waals surface area contributed by atoms with Crippen LogP contribution in [0.2, 0.25) is 10.0 Å². The fourth-order valence-corrected chi connectivity index (χ4v) is 2.60. The zero-order valence-electron chi connectivity index (χ0n) is 13.1. The molecule has 0 atom stereocenters. The van der Waals surface area contributed by atoms with Gasteiger partial charge in [0.25, 0.3) is 0 Å². The summed E-state index contributed by atoms with van der Waals surface area (Å²) in [6.45, 7) is 2.76. The highest BCUT2D eigenvalue weighted by molar-refractivity contribution is 6.43. The molecule has 0 radical (unpaired) electrons. The molecule has 3 rings (SSSR count). The Balaban J connectivity index is 1.71. The molecule has 0 aliphatic heterocycles. The second-order valence-corrected chi connectivity index (χ2v) is 6.12. The predicted octanol–water partition coefficient (Wildman–Crippen LogP) is 5.45. The van der Waals surface area contributed by atoms with Gasteiger partial charge in [-0.2, -0.15) is 4.98 Å². The van der Waals surface area contributed by atoms with Crippen LogP contribution in [0, 0.1) is 6.92 Å². The van der Waals surface area contributed by atoms with Crippen LogP contribution in [0.4, 0.5) is 17.5 Å². The highest BCUT2D eigenvalue weighted by atomic mass is 35.5. The molecule has 2 N–H and O–H groups in total. The Kier molecular flexibility index (Phi) is 5.18. The highest BCUT2D eigenvalue weighted by Gasteiger charge is 2.06. The second kappa shape index (κ2) is 7.51. The largest absolute Gasteiger partial charge is 0.366 e. The maximum absolute atomic E-state index is 6.17. The maximum atomic E-state index is 6.17. The van der Waals surface area contributed by atoms with Crippen LogP contribution in [0.25, 0.3) is 0 Å². The van der Waals surface area contributed by atoms with Crippen molar-refractivity contribution < 1.29 is 0 Å². The molecule has 0 unspecified atom stereocenters. The summed E-state index contributed by atoms with van der Waals surface area (Å²) in [7, 11) is 0. The van der Waals surface area contributed by atoms with Gasteiger partial charge in [-0.25, -0.2) is 4.98 Å². The Morgan fingerprint density at radius 2 is 1.88 bits per heavy atom. The zero-order valence-corrected chi connectivity index (χ0v) is 14.6. The summed E-state index contributed by atoms with van der Waals surface area (Å²) in [5, 5.41) is 7.30. The van der Waals surface area contributed by atoms with Gasteiger partial charge >= 0.3 is 0 Å². The molecule has 6 heteroatoms. The van der Waals surface area contributed by atoms with Crippen molar-refractivity contribution in [1.29, 1.82) is 0 Å². The van der Waals surface area contributed by atoms with Gasteiger partial charge in [0, 0.05) is 12.7 Å². The van der Waals surface area contributed by atoms with Crippen LogP contribution in [0.3, 0.4) is 0 Å². The first-order chi connectivity index (χ1) is 11.6. The van der Waals surface area contributed by atoms with Crippen LogP contribution in [0.1, 0.15) is 11.1 Å². The number of benzene rings is 2. The molecule has 0 aliphatic rings. The number of aryl methyl sites for hydroxylation is 1. The summed E-state index contributed by atoms with van der Waals surface area (Å²) < 4.78 is 0. The normalized spacial score (nSPS) is 10.5. The van der Waals surface area contributed by atoms with Crippen LogP contribution in [0.5, 0.6) is 0 Å². The molecule has 1 aromatic heterocycles. The monoisotopic (exact) mass is 358 g/mol. The topological polar surface area (TPSA) is 49.8 Å². The third kappa shape index (κ3) is 4.16. The van der Waals surface area contributed by atoms with Crippen LogP contribution < -0.4 is 10.6 Å². The minimum atomic E-state index is 0.445. The Labute approximate surface area is 150 Å². The second-order valence-electron chi connectivity index (χ2n) is 5.33. The number of nitrogens with one attached hydrogen (secondary N) is 2. The zero-order chi connectivity index (χ0) is 16.9. The van der Waals surface area contributed by atoms with E-state index in [1.807, 2.05) is 24.3 Å². The molecule has 3 aromatic rings. The average molecular weight is 359 g/mol. The van der Waals surface area contributed by atoms with E-state index < -0.39 is 0 Å². The fraction of sp³-hybridized carbons (Fsp3) is 0.111. The van der Waals surface area contributed by atoms with E-state index in [-0.39, 0.29) is 0 Å². The quantitative estimate of drug-likeness (QED) is 0.636. The van der Waals surface area contributed by atoms with Crippen molar-refractivity contribution >= 4 is 40.7 Å². The molecule has 4 nitrogen and oxygen atoms in total. The van der Waals surface area contributed by atoms with Crippen LogP contribution >= 0.6 is 23.2 Å². The minimum Gasteiger partial charge on any atom is -0.366 e. The molecule has 122 valence electrons. The molecule has 0 fully saturated rings. The molecule has 24 heavy (non-hydrogen) atoms. The summed E-state index contributed by atoms with van der Waals surface area (Å²) in [4.78, 5) is 8.65. The van der Waals surface area contributed by atoms with Gasteiger partial charge in [0.05, 0.1) is 15.7 Å². The first kappa shape index (κ1) is 16.6. The van der Waals surface area contributed by atoms with Crippen molar-refractivity contribution in [1.82, 2.24) is 9.97 Å². The number of rotatable bonds is 5. The molecule has 2 aromatic carbocycles. The average Bonchev–Trinajstić information content (AvgIpc) is 2.58. The molecule has 0 saturated carbocycles. The lowest BCUT2D eigenvalue weighted by Crippen LogP contribution is -2.04. The van der Waals surface area contributed by atoms with Crippen molar-refractivity contribution in [2.45, 2.75) is 13.5 Å². The fourth-order valence-electron chi connectivity index (χ4n) is 2.25. The summed E-state index contributed by atoms with van der Waals surface area (Å²) in [6.07, 6.45) is 1.69. The molecule has 0 aliphatic carbocycles. The Morgan fingerprint density at radius 1 is 1.04 bits per heavy atom. The predicted molar refractivity (Wildman–Crippen MR) is 100 cm³/mol. The number of nitrogens with zero attached hydrogens (tertiary/aromatic N) is 2. The van der Waals surface area contributed by atoms with E-state index >= 15 is 0 Å². The highest BCUT2D eigenvalue weighted by Crippen LogP contribution is 2.31. The molecule has 1 heterocycles. The van der Waals surface area contributed by atoms with Gasteiger partial charge in [-0.1, -0.05) is 59.1 Å². The Morgan fingerprint density at radius 3 is 2.71 bits per heavy atom. The lowest BCUT2D eigenvalue weighted by molar-refractivity contribution is 1.08. The van der Waals surface area contributed by atoms with E-state index in [4.69, 9.17) is 23.2 Å². The first-order valence-corrected chi connectivity index (χ1v) is 8.21. The van der Waals surface area contributed by atoms with Gasteiger partial charge < -0.3 is 10.6 Å². The van der Waals surface area contributed by atoms with Gasteiger partial charge in [-0.05, 0) is 30.7 Å². The van der Waals surface area contributed by atoms with E-state index in [1.54, 1.807) is 12.3 Å². The van der Waals surface area contributed by atoms with Gasteiger partial charge in [0.2, 0.25) is 5.95 Å². The van der Waals surface area contributed by atoms with Gasteiger partial charge in [0.15, 0.2) is 0 Å². The number of anilines is 3. The van der Waals surface area contributed by atoms with Crippen LogP contribution in [0.15, 0.2) is 54.7 Å². The Hall–Kier alpha value is -2.30. The summed E-state index contributed by atoms with van der Waals surface area (Å²) in [5.41, 5.74) is 3.09. The lowest BCUT2D eigenvalue weighted by atomic mass is 10.1. The van der Waals surface area contributed by atoms with Crippen LogP contribution in [-0.4, -0.2) is 9.97 Å². The van der Waals surface area contributed by atoms with E-state index in [0.29, 0.717) is 28.2 Å². The summed E-state index contributed by atoms with van der Waals surface area (Å²) in [6, 6.07) is 15.5. The molecular formula is C18H16Cl2N4. The van der Waals surface area contributed by atoms with Crippen molar-refractivity contribution in [2.75, 3.05) is 10.6 Å². The van der Waals surface area contributed by atoms with Crippen molar-refractivity contribution in [2.24, 2.45) is 0 Å². The SMILES string of the molecule is Cc1cccc(CNc2ccnc(Nc3cccc(Cl)c3Cl)n2)c1.